The van der Waals surface area contributed by atoms with Gasteiger partial charge in [-0.05, 0) is 5.41 Å². The summed E-state index contributed by atoms with van der Waals surface area (Å²) >= 11 is 1.36. The van der Waals surface area contributed by atoms with E-state index < -0.39 is 4.92 Å². The molecular formula is C8H10N2O2S. The first-order valence-electron chi connectivity index (χ1n) is 3.77. The summed E-state index contributed by atoms with van der Waals surface area (Å²) in [6.45, 7) is 4.94. The van der Waals surface area contributed by atoms with Crippen molar-refractivity contribution in [3.05, 3.63) is 45.5 Å². The summed E-state index contributed by atoms with van der Waals surface area (Å²) in [7, 11) is 0. The van der Waals surface area contributed by atoms with Crippen LogP contribution in [0, 0.1) is 10.1 Å². The smallest absolute Gasteiger partial charge is 0.264 e. The Morgan fingerprint density at radius 3 is 3.23 bits per heavy atom. The lowest BCUT2D eigenvalue weighted by Gasteiger charge is -2.24. The molecular weight excluding hydrogens is 188 g/mol. The van der Waals surface area contributed by atoms with E-state index in [2.05, 4.69) is 6.58 Å². The minimum absolute atomic E-state index is 0.433. The van der Waals surface area contributed by atoms with Crippen molar-refractivity contribution in [3.8, 4) is 0 Å². The van der Waals surface area contributed by atoms with E-state index >= 15 is 0 Å². The zero-order chi connectivity index (χ0) is 9.68. The number of hydrogen-bond donors (Lipinski definition) is 0. The summed E-state index contributed by atoms with van der Waals surface area (Å²) in [6.07, 6.45) is 4.72. The average Bonchev–Trinajstić information content (AvgIpc) is 2.08. The predicted octanol–water partition coefficient (Wildman–Crippen LogP) is 1.81. The van der Waals surface area contributed by atoms with E-state index in [1.165, 1.54) is 11.8 Å². The summed E-state index contributed by atoms with van der Waals surface area (Å²) in [5.41, 5.74) is 0. The van der Waals surface area contributed by atoms with Crippen LogP contribution in [-0.4, -0.2) is 22.9 Å². The molecule has 0 aromatic carbocycles. The second-order valence-corrected chi connectivity index (χ2v) is 3.36. The molecule has 0 unspecified atom stereocenters. The summed E-state index contributed by atoms with van der Waals surface area (Å²) in [4.78, 5) is 11.7. The first-order valence-corrected chi connectivity index (χ1v) is 4.65. The van der Waals surface area contributed by atoms with Crippen LogP contribution in [0.2, 0.25) is 0 Å². The minimum atomic E-state index is -0.433. The van der Waals surface area contributed by atoms with Crippen LogP contribution in [-0.2, 0) is 0 Å². The van der Waals surface area contributed by atoms with Crippen LogP contribution in [0.1, 0.15) is 0 Å². The maximum atomic E-state index is 10.3. The van der Waals surface area contributed by atoms with Crippen molar-refractivity contribution >= 4 is 11.8 Å². The molecule has 0 aromatic heterocycles. The normalized spacial score (nSPS) is 19.1. The van der Waals surface area contributed by atoms with Crippen LogP contribution in [0.5, 0.6) is 0 Å². The van der Waals surface area contributed by atoms with Gasteiger partial charge >= 0.3 is 0 Å². The van der Waals surface area contributed by atoms with Gasteiger partial charge in [-0.3, -0.25) is 10.1 Å². The van der Waals surface area contributed by atoms with Gasteiger partial charge in [0.15, 0.2) is 0 Å². The Labute approximate surface area is 80.8 Å². The van der Waals surface area contributed by atoms with Gasteiger partial charge in [-0.2, -0.15) is 0 Å². The first-order chi connectivity index (χ1) is 6.24. The van der Waals surface area contributed by atoms with Crippen LogP contribution >= 0.6 is 11.8 Å². The largest absolute Gasteiger partial charge is 0.354 e. The molecule has 70 valence electrons. The second kappa shape index (κ2) is 4.71. The van der Waals surface area contributed by atoms with Gasteiger partial charge in [0.1, 0.15) is 5.03 Å². The zero-order valence-corrected chi connectivity index (χ0v) is 7.87. The summed E-state index contributed by atoms with van der Waals surface area (Å²) in [6, 6.07) is 0. The van der Waals surface area contributed by atoms with E-state index in [0.29, 0.717) is 18.1 Å². The van der Waals surface area contributed by atoms with Gasteiger partial charge in [0.2, 0.25) is 0 Å². The van der Waals surface area contributed by atoms with Crippen LogP contribution in [0.3, 0.4) is 0 Å². The highest BCUT2D eigenvalue weighted by molar-refractivity contribution is 8.05. The Hall–Kier alpha value is -1.23. The van der Waals surface area contributed by atoms with Gasteiger partial charge in [0.05, 0.1) is 4.92 Å². The van der Waals surface area contributed by atoms with Gasteiger partial charge < -0.3 is 4.90 Å². The minimum Gasteiger partial charge on any atom is -0.354 e. The van der Waals surface area contributed by atoms with Crippen LogP contribution < -0.4 is 0 Å². The number of hydrogen-bond acceptors (Lipinski definition) is 4. The SMILES string of the molecule is C=CCN1CC=CSC1=C[N+](=O)[O-]. The van der Waals surface area contributed by atoms with E-state index in [1.807, 2.05) is 16.4 Å². The van der Waals surface area contributed by atoms with E-state index in [4.69, 9.17) is 0 Å². The molecule has 1 heterocycles. The number of nitro groups is 1. The molecule has 1 aliphatic rings. The first kappa shape index (κ1) is 9.85. The van der Waals surface area contributed by atoms with Crippen LogP contribution in [0.15, 0.2) is 35.4 Å². The van der Waals surface area contributed by atoms with Gasteiger partial charge in [-0.1, -0.05) is 23.9 Å². The average molecular weight is 198 g/mol. The molecule has 0 aliphatic carbocycles. The van der Waals surface area contributed by atoms with E-state index in [0.717, 1.165) is 6.20 Å². The molecule has 0 saturated carbocycles. The molecule has 1 aliphatic heterocycles. The molecule has 4 nitrogen and oxygen atoms in total. The Bertz CT molecular complexity index is 273. The third kappa shape index (κ3) is 2.95. The second-order valence-electron chi connectivity index (χ2n) is 2.44. The van der Waals surface area contributed by atoms with Crippen LogP contribution in [0.25, 0.3) is 0 Å². The van der Waals surface area contributed by atoms with Crippen molar-refractivity contribution in [1.29, 1.82) is 0 Å². The van der Waals surface area contributed by atoms with Gasteiger partial charge in [-0.25, -0.2) is 0 Å². The Balaban J connectivity index is 2.74. The van der Waals surface area contributed by atoms with Crippen molar-refractivity contribution in [2.24, 2.45) is 0 Å². The monoisotopic (exact) mass is 198 g/mol. The fourth-order valence-electron chi connectivity index (χ4n) is 0.975. The fraction of sp³-hybridized carbons (Fsp3) is 0.250. The number of thioether (sulfide) groups is 1. The molecule has 13 heavy (non-hydrogen) atoms. The molecule has 0 spiro atoms. The van der Waals surface area contributed by atoms with E-state index in [-0.39, 0.29) is 0 Å². The summed E-state index contributed by atoms with van der Waals surface area (Å²) in [5.74, 6) is 0. The highest BCUT2D eigenvalue weighted by Crippen LogP contribution is 2.25. The van der Waals surface area contributed by atoms with Crippen molar-refractivity contribution in [2.75, 3.05) is 13.1 Å². The Morgan fingerprint density at radius 1 is 1.85 bits per heavy atom. The lowest BCUT2D eigenvalue weighted by atomic mass is 10.4. The van der Waals surface area contributed by atoms with Crippen molar-refractivity contribution < 1.29 is 4.92 Å². The standard InChI is InChI=1S/C8H10N2O2S/c1-2-4-9-5-3-6-13-8(9)7-10(11)12/h2-3,6-7H,1,4-5H2. The number of nitrogens with zero attached hydrogens (tertiary/aromatic N) is 2. The summed E-state index contributed by atoms with van der Waals surface area (Å²) < 4.78 is 0. The van der Waals surface area contributed by atoms with Gasteiger partial charge in [0.25, 0.3) is 6.20 Å². The topological polar surface area (TPSA) is 46.4 Å². The molecule has 0 fully saturated rings. The number of rotatable bonds is 3. The third-order valence-corrected chi connectivity index (χ3v) is 2.42. The van der Waals surface area contributed by atoms with Crippen molar-refractivity contribution in [2.45, 2.75) is 0 Å². The fourth-order valence-corrected chi connectivity index (χ4v) is 1.74. The molecule has 0 radical (unpaired) electrons. The highest BCUT2D eigenvalue weighted by atomic mass is 32.2. The zero-order valence-electron chi connectivity index (χ0n) is 7.05. The lowest BCUT2D eigenvalue weighted by molar-refractivity contribution is -0.403. The third-order valence-electron chi connectivity index (χ3n) is 1.49. The Kier molecular flexibility index (Phi) is 3.57. The van der Waals surface area contributed by atoms with Crippen molar-refractivity contribution in [1.82, 2.24) is 4.90 Å². The quantitative estimate of drug-likeness (QED) is 0.394. The summed E-state index contributed by atoms with van der Waals surface area (Å²) in [5, 5.41) is 12.8. The highest BCUT2D eigenvalue weighted by Gasteiger charge is 2.13. The molecule has 0 amide bonds. The molecule has 0 bridgehead atoms. The van der Waals surface area contributed by atoms with Gasteiger partial charge in [0, 0.05) is 13.1 Å². The molecule has 0 atom stereocenters. The maximum absolute atomic E-state index is 10.3. The predicted molar refractivity (Wildman–Crippen MR) is 53.6 cm³/mol. The lowest BCUT2D eigenvalue weighted by Crippen LogP contribution is -2.24. The molecule has 0 saturated heterocycles. The molecule has 0 N–H and O–H groups in total. The maximum Gasteiger partial charge on any atom is 0.264 e. The molecule has 1 rings (SSSR count). The molecule has 0 aromatic rings. The van der Waals surface area contributed by atoms with E-state index in [1.54, 1.807) is 6.08 Å². The van der Waals surface area contributed by atoms with Crippen LogP contribution in [0.4, 0.5) is 0 Å². The van der Waals surface area contributed by atoms with E-state index in [9.17, 15) is 10.1 Å². The molecule has 5 heteroatoms. The van der Waals surface area contributed by atoms with Gasteiger partial charge in [-0.15, -0.1) is 6.58 Å². The Morgan fingerprint density at radius 2 is 2.62 bits per heavy atom. The van der Waals surface area contributed by atoms with Crippen molar-refractivity contribution in [3.63, 3.8) is 0 Å².